The van der Waals surface area contributed by atoms with Crippen LogP contribution in [-0.2, 0) is 4.79 Å². The van der Waals surface area contributed by atoms with E-state index < -0.39 is 0 Å². The molecule has 0 saturated carbocycles. The number of carbonyl (C=O) groups excluding carboxylic acids is 1. The lowest BCUT2D eigenvalue weighted by Gasteiger charge is -2.10. The highest BCUT2D eigenvalue weighted by Gasteiger charge is 2.11. The topological polar surface area (TPSA) is 54.0 Å². The van der Waals surface area contributed by atoms with Crippen LogP contribution in [0, 0.1) is 5.92 Å². The van der Waals surface area contributed by atoms with E-state index >= 15 is 0 Å². The lowest BCUT2D eigenvalue weighted by Crippen LogP contribution is -2.28. The van der Waals surface area contributed by atoms with E-state index in [1.54, 1.807) is 12.3 Å². The van der Waals surface area contributed by atoms with E-state index in [2.05, 4.69) is 31.5 Å². The summed E-state index contributed by atoms with van der Waals surface area (Å²) in [5.74, 6) is 0.478. The van der Waals surface area contributed by atoms with Crippen molar-refractivity contribution >= 4 is 27.7 Å². The van der Waals surface area contributed by atoms with Gasteiger partial charge in [-0.2, -0.15) is 0 Å². The second-order valence-electron chi connectivity index (χ2n) is 3.31. The van der Waals surface area contributed by atoms with Gasteiger partial charge < -0.3 is 10.6 Å². The standard InChI is InChI=1S/C10H14BrN3O/c1-7(5-12-2)10(15)14-9-4-3-8(11)6-13-9/h3-4,6-7,12H,5H2,1-2H3,(H,13,14,15). The quantitative estimate of drug-likeness (QED) is 0.876. The Morgan fingerprint density at radius 1 is 1.60 bits per heavy atom. The molecule has 4 nitrogen and oxygen atoms in total. The number of carbonyl (C=O) groups is 1. The van der Waals surface area contributed by atoms with Gasteiger partial charge in [0.05, 0.1) is 0 Å². The van der Waals surface area contributed by atoms with E-state index in [-0.39, 0.29) is 11.8 Å². The van der Waals surface area contributed by atoms with Gasteiger partial charge in [-0.25, -0.2) is 4.98 Å². The van der Waals surface area contributed by atoms with Crippen LogP contribution in [0.1, 0.15) is 6.92 Å². The molecular formula is C10H14BrN3O. The summed E-state index contributed by atoms with van der Waals surface area (Å²) < 4.78 is 0.892. The van der Waals surface area contributed by atoms with E-state index in [9.17, 15) is 4.79 Å². The summed E-state index contributed by atoms with van der Waals surface area (Å²) >= 11 is 3.28. The Balaban J connectivity index is 2.54. The summed E-state index contributed by atoms with van der Waals surface area (Å²) in [6.07, 6.45) is 1.65. The van der Waals surface area contributed by atoms with E-state index in [0.717, 1.165) is 4.47 Å². The number of hydrogen-bond acceptors (Lipinski definition) is 3. The molecule has 1 heterocycles. The smallest absolute Gasteiger partial charge is 0.229 e. The summed E-state index contributed by atoms with van der Waals surface area (Å²) in [5, 5.41) is 5.70. The van der Waals surface area contributed by atoms with Gasteiger partial charge in [-0.1, -0.05) is 6.92 Å². The van der Waals surface area contributed by atoms with Gasteiger partial charge in [0.1, 0.15) is 5.82 Å². The fourth-order valence-corrected chi connectivity index (χ4v) is 1.33. The van der Waals surface area contributed by atoms with Gasteiger partial charge in [-0.05, 0) is 35.1 Å². The highest BCUT2D eigenvalue weighted by molar-refractivity contribution is 9.10. The van der Waals surface area contributed by atoms with Gasteiger partial charge in [-0.3, -0.25) is 4.79 Å². The minimum absolute atomic E-state index is 0.0285. The van der Waals surface area contributed by atoms with Crippen molar-refractivity contribution in [2.24, 2.45) is 5.92 Å². The van der Waals surface area contributed by atoms with Gasteiger partial charge in [0.25, 0.3) is 0 Å². The lowest BCUT2D eigenvalue weighted by molar-refractivity contribution is -0.119. The summed E-state index contributed by atoms with van der Waals surface area (Å²) in [4.78, 5) is 15.6. The molecule has 0 aliphatic heterocycles. The van der Waals surface area contributed by atoms with Crippen LogP contribution in [-0.4, -0.2) is 24.5 Å². The number of pyridine rings is 1. The maximum absolute atomic E-state index is 11.6. The van der Waals surface area contributed by atoms with E-state index in [0.29, 0.717) is 12.4 Å². The van der Waals surface area contributed by atoms with Crippen molar-refractivity contribution in [1.29, 1.82) is 0 Å². The van der Waals surface area contributed by atoms with Crippen LogP contribution < -0.4 is 10.6 Å². The molecule has 0 fully saturated rings. The van der Waals surface area contributed by atoms with Crippen LogP contribution >= 0.6 is 15.9 Å². The highest BCUT2D eigenvalue weighted by Crippen LogP contribution is 2.11. The monoisotopic (exact) mass is 271 g/mol. The van der Waals surface area contributed by atoms with Crippen LogP contribution in [0.15, 0.2) is 22.8 Å². The van der Waals surface area contributed by atoms with Crippen LogP contribution in [0.2, 0.25) is 0 Å². The molecule has 5 heteroatoms. The third-order valence-electron chi connectivity index (χ3n) is 1.94. The Kier molecular flexibility index (Phi) is 4.71. The maximum Gasteiger partial charge on any atom is 0.229 e. The molecule has 0 bridgehead atoms. The van der Waals surface area contributed by atoms with Crippen LogP contribution in [0.5, 0.6) is 0 Å². The van der Waals surface area contributed by atoms with Crippen LogP contribution in [0.25, 0.3) is 0 Å². The molecule has 0 aliphatic carbocycles. The summed E-state index contributed by atoms with van der Waals surface area (Å²) in [5.41, 5.74) is 0. The molecule has 0 radical (unpaired) electrons. The largest absolute Gasteiger partial charge is 0.319 e. The van der Waals surface area contributed by atoms with Gasteiger partial charge in [0, 0.05) is 23.1 Å². The summed E-state index contributed by atoms with van der Waals surface area (Å²) in [7, 11) is 1.82. The Morgan fingerprint density at radius 2 is 2.33 bits per heavy atom. The zero-order chi connectivity index (χ0) is 11.3. The number of nitrogens with one attached hydrogen (secondary N) is 2. The second-order valence-corrected chi connectivity index (χ2v) is 4.23. The van der Waals surface area contributed by atoms with Crippen molar-refractivity contribution < 1.29 is 4.79 Å². The Morgan fingerprint density at radius 3 is 2.87 bits per heavy atom. The van der Waals surface area contributed by atoms with Gasteiger partial charge in [-0.15, -0.1) is 0 Å². The fourth-order valence-electron chi connectivity index (χ4n) is 1.10. The minimum Gasteiger partial charge on any atom is -0.319 e. The van der Waals surface area contributed by atoms with Crippen molar-refractivity contribution in [3.05, 3.63) is 22.8 Å². The molecule has 1 unspecified atom stereocenters. The Hall–Kier alpha value is -0.940. The second kappa shape index (κ2) is 5.82. The Labute approximate surface area is 97.6 Å². The summed E-state index contributed by atoms with van der Waals surface area (Å²) in [6.45, 7) is 2.52. The van der Waals surface area contributed by atoms with Crippen molar-refractivity contribution in [2.75, 3.05) is 18.9 Å². The first-order chi connectivity index (χ1) is 7.13. The van der Waals surface area contributed by atoms with E-state index in [1.807, 2.05) is 20.0 Å². The van der Waals surface area contributed by atoms with E-state index in [1.165, 1.54) is 0 Å². The number of rotatable bonds is 4. The zero-order valence-electron chi connectivity index (χ0n) is 8.75. The SMILES string of the molecule is CNCC(C)C(=O)Nc1ccc(Br)cn1. The van der Waals surface area contributed by atoms with Gasteiger partial charge in [0.2, 0.25) is 5.91 Å². The molecule has 0 aliphatic rings. The summed E-state index contributed by atoms with van der Waals surface area (Å²) in [6, 6.07) is 3.60. The number of hydrogen-bond donors (Lipinski definition) is 2. The average Bonchev–Trinajstić information content (AvgIpc) is 2.22. The fraction of sp³-hybridized carbons (Fsp3) is 0.400. The maximum atomic E-state index is 11.6. The van der Waals surface area contributed by atoms with Crippen molar-refractivity contribution in [1.82, 2.24) is 10.3 Å². The molecule has 15 heavy (non-hydrogen) atoms. The molecule has 0 spiro atoms. The first-order valence-electron chi connectivity index (χ1n) is 4.70. The number of anilines is 1. The van der Waals surface area contributed by atoms with Crippen molar-refractivity contribution in [2.45, 2.75) is 6.92 Å². The zero-order valence-corrected chi connectivity index (χ0v) is 10.3. The average molecular weight is 272 g/mol. The molecule has 82 valence electrons. The molecule has 0 saturated heterocycles. The number of nitrogens with zero attached hydrogens (tertiary/aromatic N) is 1. The molecule has 0 aromatic carbocycles. The lowest BCUT2D eigenvalue weighted by atomic mass is 10.1. The molecule has 1 aromatic rings. The Bertz CT molecular complexity index is 326. The molecule has 1 atom stereocenters. The number of amides is 1. The van der Waals surface area contributed by atoms with E-state index in [4.69, 9.17) is 0 Å². The molecule has 1 amide bonds. The van der Waals surface area contributed by atoms with Crippen LogP contribution in [0.4, 0.5) is 5.82 Å². The van der Waals surface area contributed by atoms with Crippen molar-refractivity contribution in [3.8, 4) is 0 Å². The van der Waals surface area contributed by atoms with Crippen molar-refractivity contribution in [3.63, 3.8) is 0 Å². The highest BCUT2D eigenvalue weighted by atomic mass is 79.9. The number of aromatic nitrogens is 1. The first kappa shape index (κ1) is 12.1. The first-order valence-corrected chi connectivity index (χ1v) is 5.50. The van der Waals surface area contributed by atoms with Gasteiger partial charge in [0.15, 0.2) is 0 Å². The minimum atomic E-state index is -0.0690. The molecule has 2 N–H and O–H groups in total. The predicted octanol–water partition coefficient (Wildman–Crippen LogP) is 1.64. The van der Waals surface area contributed by atoms with Gasteiger partial charge >= 0.3 is 0 Å². The molecular weight excluding hydrogens is 258 g/mol. The van der Waals surface area contributed by atoms with Crippen LogP contribution in [0.3, 0.4) is 0 Å². The third kappa shape index (κ3) is 3.97. The normalized spacial score (nSPS) is 12.2. The predicted molar refractivity (Wildman–Crippen MR) is 63.7 cm³/mol. The molecule has 1 rings (SSSR count). The molecule has 1 aromatic heterocycles. The number of halogens is 1. The third-order valence-corrected chi connectivity index (χ3v) is 2.41.